The molecule has 0 heterocycles. The third-order valence-corrected chi connectivity index (χ3v) is 4.76. The monoisotopic (exact) mass is 156 g/mol. The molecule has 0 saturated heterocycles. The van der Waals surface area contributed by atoms with Crippen molar-refractivity contribution in [3.05, 3.63) is 0 Å². The highest BCUT2D eigenvalue weighted by atomic mass is 35.5. The predicted octanol–water partition coefficient (Wildman–Crippen LogP) is 2.99. The van der Waals surface area contributed by atoms with Crippen molar-refractivity contribution in [2.45, 2.75) is 42.6 Å². The van der Waals surface area contributed by atoms with Gasteiger partial charge in [-0.15, -0.1) is 4.05 Å². The molecule has 0 aromatic carbocycles. The van der Waals surface area contributed by atoms with E-state index >= 15 is 0 Å². The molecule has 0 amide bonds. The molecule has 0 radical (unpaired) electrons. The highest BCUT2D eigenvalue weighted by Gasteiger charge is 2.12. The Morgan fingerprint density at radius 2 is 1.56 bits per heavy atom. The Kier molecular flexibility index (Phi) is 4.36. The van der Waals surface area contributed by atoms with E-state index in [9.17, 15) is 0 Å². The van der Waals surface area contributed by atoms with E-state index in [0.717, 1.165) is 4.05 Å². The number of halogens is 1. The summed E-state index contributed by atoms with van der Waals surface area (Å²) in [6.07, 6.45) is 8.70. The summed E-state index contributed by atoms with van der Waals surface area (Å²) in [5.41, 5.74) is 0. The largest absolute Gasteiger partial charge is 0.504 e. The van der Waals surface area contributed by atoms with Crippen LogP contribution in [0, 0.1) is 0 Å². The maximum absolute atomic E-state index is 5.89. The molecular weight excluding hydrogens is 144 g/mol. The van der Waals surface area contributed by atoms with Crippen molar-refractivity contribution >= 4 is 28.3 Å². The molecule has 9 heavy (non-hydrogen) atoms. The van der Waals surface area contributed by atoms with E-state index in [-0.39, 0.29) is 19.3 Å². The van der Waals surface area contributed by atoms with Gasteiger partial charge in [-0.05, 0) is 0 Å². The standard InChI is InChI=1S/C7H13.ClH.Mg/c1-2-4-6-7-5-3-1;;/h1H,2-7H2;1H;/q;;+1/p-1. The Balaban J connectivity index is 2.18. The molecule has 0 aromatic heterocycles. The van der Waals surface area contributed by atoms with Crippen molar-refractivity contribution in [2.24, 2.45) is 0 Å². The summed E-state index contributed by atoms with van der Waals surface area (Å²) in [6.45, 7) is 0. The molecule has 0 aliphatic heterocycles. The highest BCUT2D eigenvalue weighted by Crippen LogP contribution is 2.26. The summed E-state index contributed by atoms with van der Waals surface area (Å²) < 4.78 is 0.981. The zero-order valence-corrected chi connectivity index (χ0v) is 8.08. The van der Waals surface area contributed by atoms with Crippen molar-refractivity contribution < 1.29 is 0 Å². The first-order chi connectivity index (χ1) is 4.43. The molecule has 2 heteroatoms. The van der Waals surface area contributed by atoms with Gasteiger partial charge < -0.3 is 9.07 Å². The third-order valence-electron chi connectivity index (χ3n) is 2.19. The number of hydrogen-bond acceptors (Lipinski definition) is 0. The lowest BCUT2D eigenvalue weighted by molar-refractivity contribution is 0.697. The Labute approximate surface area is 70.8 Å². The van der Waals surface area contributed by atoms with Crippen LogP contribution in [0.5, 0.6) is 0 Å². The van der Waals surface area contributed by atoms with Gasteiger partial charge in [0.15, 0.2) is 0 Å². The molecular formula is C7H13ClMg. The van der Waals surface area contributed by atoms with E-state index in [4.69, 9.17) is 9.07 Å². The molecule has 0 unspecified atom stereocenters. The second-order valence-electron chi connectivity index (χ2n) is 3.01. The molecule has 0 spiro atoms. The first-order valence-corrected chi connectivity index (χ1v) is 6.95. The Hall–Kier alpha value is 1.06. The molecule has 1 saturated carbocycles. The second kappa shape index (κ2) is 4.81. The van der Waals surface area contributed by atoms with Gasteiger partial charge in [0.1, 0.15) is 0 Å². The first-order valence-electron chi connectivity index (χ1n) is 3.99. The second-order valence-corrected chi connectivity index (χ2v) is 5.40. The van der Waals surface area contributed by atoms with Crippen LogP contribution in [0.3, 0.4) is 0 Å². The summed E-state index contributed by atoms with van der Waals surface area (Å²) in [5.74, 6) is 0. The van der Waals surface area contributed by atoms with Crippen LogP contribution < -0.4 is 0 Å². The maximum atomic E-state index is 5.89. The molecule has 1 rings (SSSR count). The minimum atomic E-state index is -0.182. The number of hydrogen-bond donors (Lipinski definition) is 0. The predicted molar refractivity (Wildman–Crippen MR) is 43.1 cm³/mol. The van der Waals surface area contributed by atoms with Crippen molar-refractivity contribution in [1.82, 2.24) is 0 Å². The SMILES string of the molecule is [Cl][Mg][CH]1CCCCCC1. The smallest absolute Gasteiger partial charge is 0.346 e. The molecule has 50 valence electrons. The minimum absolute atomic E-state index is 0.182. The zero-order valence-electron chi connectivity index (χ0n) is 5.91. The van der Waals surface area contributed by atoms with E-state index in [2.05, 4.69) is 0 Å². The zero-order chi connectivity index (χ0) is 6.53. The summed E-state index contributed by atoms with van der Waals surface area (Å²) in [5, 5.41) is 0. The van der Waals surface area contributed by atoms with Crippen LogP contribution in [0.2, 0.25) is 4.05 Å². The van der Waals surface area contributed by atoms with Gasteiger partial charge in [-0.25, -0.2) is 0 Å². The van der Waals surface area contributed by atoms with Gasteiger partial charge in [-0.3, -0.25) is 0 Å². The van der Waals surface area contributed by atoms with Crippen LogP contribution in [0.15, 0.2) is 0 Å². The van der Waals surface area contributed by atoms with Crippen LogP contribution in [0.25, 0.3) is 0 Å². The summed E-state index contributed by atoms with van der Waals surface area (Å²) in [4.78, 5) is 0. The molecule has 0 bridgehead atoms. The molecule has 0 nitrogen and oxygen atoms in total. The number of rotatable bonds is 1. The third kappa shape index (κ3) is 3.10. The fourth-order valence-corrected chi connectivity index (χ4v) is 3.33. The van der Waals surface area contributed by atoms with Crippen molar-refractivity contribution in [1.29, 1.82) is 0 Å². The van der Waals surface area contributed by atoms with Crippen molar-refractivity contribution in [3.8, 4) is 0 Å². The maximum Gasteiger partial charge on any atom is 0.504 e. The first kappa shape index (κ1) is 8.16. The Bertz CT molecular complexity index is 67.3. The fraction of sp³-hybridized carbons (Fsp3) is 1.00. The molecule has 1 fully saturated rings. The van der Waals surface area contributed by atoms with E-state index < -0.39 is 0 Å². The van der Waals surface area contributed by atoms with Gasteiger partial charge >= 0.3 is 19.3 Å². The van der Waals surface area contributed by atoms with Crippen LogP contribution in [0.1, 0.15) is 38.5 Å². The van der Waals surface area contributed by atoms with E-state index in [0.29, 0.717) is 0 Å². The molecule has 1 aliphatic carbocycles. The topological polar surface area (TPSA) is 0 Å². The van der Waals surface area contributed by atoms with Crippen molar-refractivity contribution in [3.63, 3.8) is 0 Å². The van der Waals surface area contributed by atoms with Gasteiger partial charge in [0.25, 0.3) is 0 Å². The fourth-order valence-electron chi connectivity index (χ4n) is 1.52. The normalized spacial score (nSPS) is 22.8. The van der Waals surface area contributed by atoms with Crippen molar-refractivity contribution in [2.75, 3.05) is 0 Å². The average molecular weight is 157 g/mol. The molecule has 0 aromatic rings. The highest BCUT2D eigenvalue weighted by molar-refractivity contribution is 6.94. The van der Waals surface area contributed by atoms with Crippen LogP contribution >= 0.6 is 9.07 Å². The van der Waals surface area contributed by atoms with Crippen LogP contribution in [0.4, 0.5) is 0 Å². The lowest BCUT2D eigenvalue weighted by atomic mass is 10.2. The van der Waals surface area contributed by atoms with Gasteiger partial charge in [0.2, 0.25) is 0 Å². The lowest BCUT2D eigenvalue weighted by Gasteiger charge is -2.06. The lowest BCUT2D eigenvalue weighted by Crippen LogP contribution is -1.94. The van der Waals surface area contributed by atoms with Gasteiger partial charge in [0, 0.05) is 0 Å². The average Bonchev–Trinajstić information content (AvgIpc) is 2.13. The van der Waals surface area contributed by atoms with Crippen LogP contribution in [-0.4, -0.2) is 19.3 Å². The summed E-state index contributed by atoms with van der Waals surface area (Å²) in [7, 11) is 5.89. The quantitative estimate of drug-likeness (QED) is 0.405. The minimum Gasteiger partial charge on any atom is -0.346 e. The Morgan fingerprint density at radius 1 is 1.00 bits per heavy atom. The van der Waals surface area contributed by atoms with Gasteiger partial charge in [-0.2, -0.15) is 0 Å². The van der Waals surface area contributed by atoms with E-state index in [1.165, 1.54) is 38.5 Å². The van der Waals surface area contributed by atoms with E-state index in [1.54, 1.807) is 0 Å². The molecule has 0 N–H and O–H groups in total. The Morgan fingerprint density at radius 3 is 2.00 bits per heavy atom. The summed E-state index contributed by atoms with van der Waals surface area (Å²) >= 11 is -0.182. The summed E-state index contributed by atoms with van der Waals surface area (Å²) in [6, 6.07) is 0. The van der Waals surface area contributed by atoms with Gasteiger partial charge in [0.05, 0.1) is 0 Å². The van der Waals surface area contributed by atoms with E-state index in [1.807, 2.05) is 0 Å². The van der Waals surface area contributed by atoms with Crippen LogP contribution in [-0.2, 0) is 0 Å². The van der Waals surface area contributed by atoms with Gasteiger partial charge in [-0.1, -0.05) is 38.5 Å². The molecule has 0 atom stereocenters. The molecule has 1 aliphatic rings.